The second-order valence-corrected chi connectivity index (χ2v) is 24.6. The minimum Gasteiger partial charge on any atom is -0.310 e. The first kappa shape index (κ1) is 51.1. The molecule has 0 heterocycles. The van der Waals surface area contributed by atoms with Gasteiger partial charge in [0, 0.05) is 45.0 Å². The average molecular weight is 1100 g/mol. The van der Waals surface area contributed by atoms with Crippen LogP contribution in [0.3, 0.4) is 0 Å². The molecule has 16 rings (SSSR count). The molecule has 14 aromatic carbocycles. The summed E-state index contributed by atoms with van der Waals surface area (Å²) in [5.74, 6) is 0. The maximum Gasteiger partial charge on any atom is 0.0468 e. The number of fused-ring (bicyclic) bond motifs is 11. The Bertz CT molecular complexity index is 4670. The molecule has 0 atom stereocenters. The van der Waals surface area contributed by atoms with Gasteiger partial charge in [-0.3, -0.25) is 0 Å². The molecule has 0 N–H and O–H groups in total. The molecule has 14 aromatic rings. The van der Waals surface area contributed by atoms with Crippen LogP contribution in [0.25, 0.3) is 100 Å². The Labute approximate surface area is 503 Å². The van der Waals surface area contributed by atoms with Gasteiger partial charge in [0.1, 0.15) is 0 Å². The zero-order valence-electron chi connectivity index (χ0n) is 48.8. The van der Waals surface area contributed by atoms with Gasteiger partial charge in [-0.15, -0.1) is 0 Å². The Hall–Kier alpha value is -10.5. The fourth-order valence-electron chi connectivity index (χ4n) is 14.1. The lowest BCUT2D eigenvalue weighted by Gasteiger charge is -2.28. The van der Waals surface area contributed by atoms with E-state index in [9.17, 15) is 0 Å². The fraction of sp³-hybridized carbons (Fsp3) is 0.0714. The third-order valence-electron chi connectivity index (χ3n) is 18.8. The quantitative estimate of drug-likeness (QED) is 0.126. The summed E-state index contributed by atoms with van der Waals surface area (Å²) in [7, 11) is 0. The Morgan fingerprint density at radius 1 is 0.233 bits per heavy atom. The van der Waals surface area contributed by atoms with Crippen molar-refractivity contribution >= 4 is 112 Å². The predicted molar refractivity (Wildman–Crippen MR) is 369 cm³/mol. The van der Waals surface area contributed by atoms with Gasteiger partial charge in [0.25, 0.3) is 0 Å². The molecule has 0 radical (unpaired) electrons. The summed E-state index contributed by atoms with van der Waals surface area (Å²) in [5, 5.41) is 12.3. The van der Waals surface area contributed by atoms with Gasteiger partial charge in [-0.1, -0.05) is 258 Å². The van der Waals surface area contributed by atoms with Gasteiger partial charge in [-0.05, 0) is 193 Å². The van der Waals surface area contributed by atoms with Crippen LogP contribution in [-0.2, 0) is 10.8 Å². The van der Waals surface area contributed by atoms with Crippen LogP contribution in [0, 0.1) is 0 Å². The minimum atomic E-state index is -0.217. The van der Waals surface area contributed by atoms with E-state index < -0.39 is 0 Å². The highest BCUT2D eigenvalue weighted by Gasteiger charge is 2.38. The van der Waals surface area contributed by atoms with Crippen molar-refractivity contribution in [1.29, 1.82) is 0 Å². The highest BCUT2D eigenvalue weighted by molar-refractivity contribution is 6.01. The van der Waals surface area contributed by atoms with E-state index in [-0.39, 0.29) is 10.8 Å². The molecule has 0 fully saturated rings. The van der Waals surface area contributed by atoms with Crippen molar-refractivity contribution in [3.63, 3.8) is 0 Å². The first-order chi connectivity index (χ1) is 42.1. The van der Waals surface area contributed by atoms with E-state index in [1.54, 1.807) is 0 Å². The highest BCUT2D eigenvalue weighted by Crippen LogP contribution is 2.53. The topological polar surface area (TPSA) is 6.48 Å². The molecule has 0 saturated carbocycles. The standard InChI is InChI=1S/C84H62N2/c1-83(2)79-47-55(27-43-75(79)77-45-41-71(53-81(77)83)85(67-37-33-57-15-5-9-19-63(57)49-67)68-38-34-58-16-6-10-20-64(58)50-68)25-29-61-31-32-62(74-24-14-13-23-73(61)74)30-26-56-28-44-76-78-46-42-72(54-82(78)84(3,4)80(76)48-56)86(69-39-35-59-17-7-11-21-65(59)51-69)70-40-36-60-18-8-12-22-66(60)52-70/h5-54H,1-4H3. The van der Waals surface area contributed by atoms with Gasteiger partial charge >= 0.3 is 0 Å². The highest BCUT2D eigenvalue weighted by atomic mass is 15.1. The Kier molecular flexibility index (Phi) is 11.9. The van der Waals surface area contributed by atoms with Crippen molar-refractivity contribution in [1.82, 2.24) is 0 Å². The maximum atomic E-state index is 2.44. The van der Waals surface area contributed by atoms with Crippen LogP contribution >= 0.6 is 0 Å². The van der Waals surface area contributed by atoms with Gasteiger partial charge in [0.2, 0.25) is 0 Å². The number of hydrogen-bond donors (Lipinski definition) is 0. The molecule has 2 aliphatic carbocycles. The van der Waals surface area contributed by atoms with Crippen molar-refractivity contribution in [2.75, 3.05) is 9.80 Å². The number of anilines is 6. The Morgan fingerprint density at radius 2 is 0.500 bits per heavy atom. The van der Waals surface area contributed by atoms with Gasteiger partial charge in [0.05, 0.1) is 0 Å². The molecule has 0 saturated heterocycles. The van der Waals surface area contributed by atoms with Crippen molar-refractivity contribution in [2.24, 2.45) is 0 Å². The van der Waals surface area contributed by atoms with Gasteiger partial charge < -0.3 is 9.80 Å². The van der Waals surface area contributed by atoms with Crippen LogP contribution in [0.2, 0.25) is 0 Å². The molecular weight excluding hydrogens is 1040 g/mol. The smallest absolute Gasteiger partial charge is 0.0468 e. The molecule has 0 amide bonds. The van der Waals surface area contributed by atoms with E-state index in [4.69, 9.17) is 0 Å². The second kappa shape index (κ2) is 20.1. The molecule has 0 aromatic heterocycles. The normalized spacial score (nSPS) is 13.7. The SMILES string of the molecule is CC1(C)c2cc(C=Cc3ccc(C=Cc4ccc5c(c4)C(C)(C)c4cc(N(c6ccc7ccccc7c6)c6ccc7ccccc7c6)ccc4-5)c4ccccc34)ccc2-c2ccc(N(c3ccc4ccccc4c3)c3ccc4ccccc4c3)cc21. The van der Waals surface area contributed by atoms with Crippen LogP contribution in [0.15, 0.2) is 279 Å². The van der Waals surface area contributed by atoms with Crippen LogP contribution in [0.5, 0.6) is 0 Å². The van der Waals surface area contributed by atoms with E-state index >= 15 is 0 Å². The summed E-state index contributed by atoms with van der Waals surface area (Å²) in [5.41, 5.74) is 21.8. The lowest BCUT2D eigenvalue weighted by atomic mass is 9.81. The molecule has 86 heavy (non-hydrogen) atoms. The molecule has 2 nitrogen and oxygen atoms in total. The number of nitrogens with zero attached hydrogens (tertiary/aromatic N) is 2. The van der Waals surface area contributed by atoms with Crippen LogP contribution in [0.4, 0.5) is 34.1 Å². The van der Waals surface area contributed by atoms with E-state index in [2.05, 4.69) is 341 Å². The Balaban J connectivity index is 0.674. The third kappa shape index (κ3) is 8.63. The van der Waals surface area contributed by atoms with E-state index in [1.807, 2.05) is 0 Å². The molecule has 0 unspecified atom stereocenters. The van der Waals surface area contributed by atoms with Crippen LogP contribution < -0.4 is 9.80 Å². The van der Waals surface area contributed by atoms with E-state index in [0.29, 0.717) is 0 Å². The van der Waals surface area contributed by atoms with Crippen molar-refractivity contribution in [2.45, 2.75) is 38.5 Å². The second-order valence-electron chi connectivity index (χ2n) is 24.6. The molecular formula is C84H62N2. The van der Waals surface area contributed by atoms with Crippen molar-refractivity contribution < 1.29 is 0 Å². The molecule has 0 bridgehead atoms. The monoisotopic (exact) mass is 1100 g/mol. The third-order valence-corrected chi connectivity index (χ3v) is 18.8. The largest absolute Gasteiger partial charge is 0.310 e. The van der Waals surface area contributed by atoms with Crippen LogP contribution in [-0.4, -0.2) is 0 Å². The van der Waals surface area contributed by atoms with Gasteiger partial charge in [-0.2, -0.15) is 0 Å². The number of hydrogen-bond acceptors (Lipinski definition) is 2. The lowest BCUT2D eigenvalue weighted by Crippen LogP contribution is -2.16. The van der Waals surface area contributed by atoms with E-state index in [0.717, 1.165) is 34.1 Å². The minimum absolute atomic E-state index is 0.217. The van der Waals surface area contributed by atoms with Crippen molar-refractivity contribution in [3.8, 4) is 22.3 Å². The molecule has 408 valence electrons. The Morgan fingerprint density at radius 3 is 0.837 bits per heavy atom. The zero-order chi connectivity index (χ0) is 57.7. The average Bonchev–Trinajstić information content (AvgIpc) is 1.72. The number of rotatable bonds is 10. The van der Waals surface area contributed by atoms with Gasteiger partial charge in [-0.25, -0.2) is 0 Å². The fourth-order valence-corrected chi connectivity index (χ4v) is 14.1. The number of benzene rings is 14. The van der Waals surface area contributed by atoms with Crippen molar-refractivity contribution in [3.05, 3.63) is 324 Å². The predicted octanol–water partition coefficient (Wildman–Crippen LogP) is 23.3. The summed E-state index contributed by atoms with van der Waals surface area (Å²) in [4.78, 5) is 4.85. The molecule has 2 heteroatoms. The van der Waals surface area contributed by atoms with Crippen LogP contribution in [0.1, 0.15) is 72.2 Å². The summed E-state index contributed by atoms with van der Waals surface area (Å²) in [6, 6.07) is 103. The lowest BCUT2D eigenvalue weighted by molar-refractivity contribution is 0.660. The molecule has 2 aliphatic rings. The first-order valence-corrected chi connectivity index (χ1v) is 30.1. The molecule has 0 spiro atoms. The zero-order valence-corrected chi connectivity index (χ0v) is 48.8. The maximum absolute atomic E-state index is 2.44. The molecule has 0 aliphatic heterocycles. The summed E-state index contributed by atoms with van der Waals surface area (Å²) in [6.45, 7) is 9.55. The van der Waals surface area contributed by atoms with Gasteiger partial charge in [0.15, 0.2) is 0 Å². The summed E-state index contributed by atoms with van der Waals surface area (Å²) < 4.78 is 0. The summed E-state index contributed by atoms with van der Waals surface area (Å²) >= 11 is 0. The summed E-state index contributed by atoms with van der Waals surface area (Å²) in [6.07, 6.45) is 9.18. The first-order valence-electron chi connectivity index (χ1n) is 30.1. The van der Waals surface area contributed by atoms with E-state index in [1.165, 1.54) is 121 Å².